The van der Waals surface area contributed by atoms with Gasteiger partial charge in [-0.3, -0.25) is 4.90 Å². The number of likely N-dealkylation sites (tertiary alicyclic amines) is 1. The zero-order valence-electron chi connectivity index (χ0n) is 15.2. The molecule has 5 nitrogen and oxygen atoms in total. The Morgan fingerprint density at radius 3 is 2.80 bits per heavy atom. The Bertz CT molecular complexity index is 705. The molecule has 5 heteroatoms. The van der Waals surface area contributed by atoms with Gasteiger partial charge in [0.1, 0.15) is 5.65 Å². The first-order chi connectivity index (χ1) is 12.2. The van der Waals surface area contributed by atoms with Gasteiger partial charge in [-0.05, 0) is 44.2 Å². The monoisotopic (exact) mass is 342 g/mol. The van der Waals surface area contributed by atoms with E-state index in [2.05, 4.69) is 44.9 Å². The molecule has 1 aliphatic carbocycles. The van der Waals surface area contributed by atoms with Crippen molar-refractivity contribution in [2.75, 3.05) is 13.1 Å². The summed E-state index contributed by atoms with van der Waals surface area (Å²) in [6.07, 6.45) is 10.9. The molecule has 1 aliphatic heterocycles. The number of fused-ring (bicyclic) bond motifs is 1. The van der Waals surface area contributed by atoms with Gasteiger partial charge in [0.05, 0.1) is 18.0 Å². The Balaban J connectivity index is 1.30. The molecular formula is C20H30N4O. The fourth-order valence-corrected chi connectivity index (χ4v) is 4.53. The van der Waals surface area contributed by atoms with Gasteiger partial charge >= 0.3 is 0 Å². The number of nitrogens with zero attached hydrogens (tertiary/aromatic N) is 3. The van der Waals surface area contributed by atoms with Gasteiger partial charge in [-0.2, -0.15) is 0 Å². The van der Waals surface area contributed by atoms with Crippen molar-refractivity contribution in [1.82, 2.24) is 19.6 Å². The van der Waals surface area contributed by atoms with E-state index in [4.69, 9.17) is 0 Å². The number of pyridine rings is 1. The number of aromatic nitrogens is 2. The van der Waals surface area contributed by atoms with Crippen LogP contribution in [0.15, 0.2) is 24.5 Å². The Morgan fingerprint density at radius 2 is 2.00 bits per heavy atom. The van der Waals surface area contributed by atoms with Gasteiger partial charge in [-0.25, -0.2) is 4.98 Å². The summed E-state index contributed by atoms with van der Waals surface area (Å²) >= 11 is 0. The van der Waals surface area contributed by atoms with Crippen LogP contribution in [0, 0.1) is 6.92 Å². The highest BCUT2D eigenvalue weighted by Crippen LogP contribution is 2.26. The first kappa shape index (κ1) is 17.0. The second-order valence-corrected chi connectivity index (χ2v) is 7.74. The molecule has 0 radical (unpaired) electrons. The number of aryl methyl sites for hydroxylation is 1. The number of aliphatic hydroxyl groups is 1. The van der Waals surface area contributed by atoms with E-state index >= 15 is 0 Å². The van der Waals surface area contributed by atoms with Crippen LogP contribution >= 0.6 is 0 Å². The van der Waals surface area contributed by atoms with Gasteiger partial charge < -0.3 is 14.8 Å². The standard InChI is InChI=1S/C20H30N4O/c1-15-5-4-10-24-17(14-22-20(15)24)13-21-16-8-11-23(12-9-16)18-6-2-3-7-19(18)25/h4-5,10,14,16,18-19,21,25H,2-3,6-9,11-13H2,1H3. The van der Waals surface area contributed by atoms with Crippen molar-refractivity contribution in [1.29, 1.82) is 0 Å². The minimum Gasteiger partial charge on any atom is -0.391 e. The first-order valence-corrected chi connectivity index (χ1v) is 9.79. The molecule has 2 fully saturated rings. The van der Waals surface area contributed by atoms with Gasteiger partial charge in [0.2, 0.25) is 0 Å². The maximum absolute atomic E-state index is 10.3. The third kappa shape index (κ3) is 3.59. The lowest BCUT2D eigenvalue weighted by atomic mass is 9.89. The van der Waals surface area contributed by atoms with Crippen molar-refractivity contribution in [2.24, 2.45) is 0 Å². The minimum atomic E-state index is -0.111. The summed E-state index contributed by atoms with van der Waals surface area (Å²) < 4.78 is 2.19. The maximum Gasteiger partial charge on any atom is 0.139 e. The average Bonchev–Trinajstić information content (AvgIpc) is 3.06. The molecule has 1 saturated heterocycles. The number of aliphatic hydroxyl groups excluding tert-OH is 1. The van der Waals surface area contributed by atoms with Crippen LogP contribution in [-0.2, 0) is 6.54 Å². The summed E-state index contributed by atoms with van der Waals surface area (Å²) in [5.74, 6) is 0. The lowest BCUT2D eigenvalue weighted by molar-refractivity contribution is 0.00712. The van der Waals surface area contributed by atoms with Crippen molar-refractivity contribution in [3.8, 4) is 0 Å². The summed E-state index contributed by atoms with van der Waals surface area (Å²) in [5, 5.41) is 14.0. The summed E-state index contributed by atoms with van der Waals surface area (Å²) in [7, 11) is 0. The van der Waals surface area contributed by atoms with Crippen LogP contribution in [0.4, 0.5) is 0 Å². The topological polar surface area (TPSA) is 52.8 Å². The average molecular weight is 342 g/mol. The highest BCUT2D eigenvalue weighted by molar-refractivity contribution is 5.48. The number of nitrogens with one attached hydrogen (secondary N) is 1. The zero-order valence-corrected chi connectivity index (χ0v) is 15.2. The molecule has 25 heavy (non-hydrogen) atoms. The van der Waals surface area contributed by atoms with E-state index in [9.17, 15) is 5.11 Å². The molecule has 1 saturated carbocycles. The van der Waals surface area contributed by atoms with E-state index in [1.54, 1.807) is 0 Å². The lowest BCUT2D eigenvalue weighted by Crippen LogP contribution is -2.51. The summed E-state index contributed by atoms with van der Waals surface area (Å²) in [6, 6.07) is 5.15. The predicted octanol–water partition coefficient (Wildman–Crippen LogP) is 2.50. The van der Waals surface area contributed by atoms with E-state index < -0.39 is 0 Å². The number of imidazole rings is 1. The van der Waals surface area contributed by atoms with Crippen LogP contribution in [0.5, 0.6) is 0 Å². The van der Waals surface area contributed by atoms with Gasteiger partial charge in [-0.15, -0.1) is 0 Å². The Hall–Kier alpha value is -1.43. The van der Waals surface area contributed by atoms with Gasteiger partial charge in [0.25, 0.3) is 0 Å². The Morgan fingerprint density at radius 1 is 1.20 bits per heavy atom. The number of hydrogen-bond donors (Lipinski definition) is 2. The van der Waals surface area contributed by atoms with E-state index in [-0.39, 0.29) is 6.10 Å². The maximum atomic E-state index is 10.3. The third-order valence-electron chi connectivity index (χ3n) is 6.07. The highest BCUT2D eigenvalue weighted by Gasteiger charge is 2.31. The number of piperidine rings is 1. The fraction of sp³-hybridized carbons (Fsp3) is 0.650. The van der Waals surface area contributed by atoms with Gasteiger partial charge in [-0.1, -0.05) is 18.9 Å². The van der Waals surface area contributed by atoms with Crippen molar-refractivity contribution < 1.29 is 5.11 Å². The molecule has 2 unspecified atom stereocenters. The molecule has 4 rings (SSSR count). The van der Waals surface area contributed by atoms with Crippen LogP contribution in [0.1, 0.15) is 49.8 Å². The molecule has 2 N–H and O–H groups in total. The first-order valence-electron chi connectivity index (χ1n) is 9.79. The second-order valence-electron chi connectivity index (χ2n) is 7.74. The molecule has 0 bridgehead atoms. The Kier molecular flexibility index (Phi) is 5.06. The third-order valence-corrected chi connectivity index (χ3v) is 6.07. The number of rotatable bonds is 4. The molecule has 3 heterocycles. The molecule has 0 amide bonds. The SMILES string of the molecule is Cc1cccn2c(CNC3CCN(C4CCCCC4O)CC3)cnc12. The zero-order chi connectivity index (χ0) is 17.2. The molecular weight excluding hydrogens is 312 g/mol. The van der Waals surface area contributed by atoms with Crippen molar-refractivity contribution >= 4 is 5.65 Å². The fourth-order valence-electron chi connectivity index (χ4n) is 4.53. The second kappa shape index (κ2) is 7.44. The van der Waals surface area contributed by atoms with Crippen LogP contribution in [-0.4, -0.2) is 50.7 Å². The smallest absolute Gasteiger partial charge is 0.139 e. The normalized spacial score (nSPS) is 26.3. The summed E-state index contributed by atoms with van der Waals surface area (Å²) in [4.78, 5) is 7.08. The molecule has 136 valence electrons. The van der Waals surface area contributed by atoms with Crippen LogP contribution in [0.3, 0.4) is 0 Å². The van der Waals surface area contributed by atoms with Crippen molar-refractivity contribution in [3.05, 3.63) is 35.8 Å². The molecule has 0 spiro atoms. The van der Waals surface area contributed by atoms with Crippen LogP contribution < -0.4 is 5.32 Å². The Labute approximate surface area is 150 Å². The number of hydrogen-bond acceptors (Lipinski definition) is 4. The van der Waals surface area contributed by atoms with Crippen LogP contribution in [0.2, 0.25) is 0 Å². The van der Waals surface area contributed by atoms with Crippen LogP contribution in [0.25, 0.3) is 5.65 Å². The van der Waals surface area contributed by atoms with Gasteiger partial charge in [0, 0.05) is 37.9 Å². The van der Waals surface area contributed by atoms with Gasteiger partial charge in [0.15, 0.2) is 0 Å². The highest BCUT2D eigenvalue weighted by atomic mass is 16.3. The van der Waals surface area contributed by atoms with E-state index in [0.717, 1.165) is 31.7 Å². The van der Waals surface area contributed by atoms with Crippen molar-refractivity contribution in [3.63, 3.8) is 0 Å². The van der Waals surface area contributed by atoms with E-state index in [0.29, 0.717) is 12.1 Å². The van der Waals surface area contributed by atoms with E-state index in [1.165, 1.54) is 43.4 Å². The summed E-state index contributed by atoms with van der Waals surface area (Å²) in [6.45, 7) is 5.17. The minimum absolute atomic E-state index is 0.111. The predicted molar refractivity (Wildman–Crippen MR) is 99.6 cm³/mol. The quantitative estimate of drug-likeness (QED) is 0.896. The van der Waals surface area contributed by atoms with Crippen molar-refractivity contribution in [2.45, 2.75) is 70.2 Å². The lowest BCUT2D eigenvalue weighted by Gasteiger charge is -2.41. The summed E-state index contributed by atoms with van der Waals surface area (Å²) in [5.41, 5.74) is 3.50. The molecule has 2 atom stereocenters. The largest absolute Gasteiger partial charge is 0.391 e. The molecule has 2 aromatic heterocycles. The van der Waals surface area contributed by atoms with E-state index in [1.807, 2.05) is 6.20 Å². The molecule has 2 aliphatic rings. The molecule has 0 aromatic carbocycles. The molecule has 2 aromatic rings.